The summed E-state index contributed by atoms with van der Waals surface area (Å²) >= 11 is 0. The fourth-order valence-corrected chi connectivity index (χ4v) is 3.00. The Morgan fingerprint density at radius 3 is 1.85 bits per heavy atom. The molecule has 0 aliphatic carbocycles. The highest BCUT2D eigenvalue weighted by atomic mass is 15.1. The lowest BCUT2D eigenvalue weighted by atomic mass is 9.86. The highest BCUT2D eigenvalue weighted by Crippen LogP contribution is 2.26. The second-order valence-electron chi connectivity index (χ2n) is 7.16. The molecule has 0 fully saturated rings. The first-order valence-electron chi connectivity index (χ1n) is 9.21. The van der Waals surface area contributed by atoms with E-state index in [9.17, 15) is 0 Å². The smallest absolute Gasteiger partial charge is 0.00193 e. The van der Waals surface area contributed by atoms with E-state index in [1.54, 1.807) is 0 Å². The third-order valence-corrected chi connectivity index (χ3v) is 4.87. The minimum atomic E-state index is 0.860. The van der Waals surface area contributed by atoms with Crippen LogP contribution >= 0.6 is 0 Å². The molecule has 0 N–H and O–H groups in total. The van der Waals surface area contributed by atoms with Gasteiger partial charge in [0.05, 0.1) is 0 Å². The third-order valence-electron chi connectivity index (χ3n) is 4.87. The Morgan fingerprint density at radius 2 is 1.35 bits per heavy atom. The van der Waals surface area contributed by atoms with Crippen molar-refractivity contribution in [1.29, 1.82) is 0 Å². The van der Waals surface area contributed by atoms with Crippen LogP contribution in [0.1, 0.15) is 86.0 Å². The van der Waals surface area contributed by atoms with Crippen LogP contribution in [-0.2, 0) is 0 Å². The highest BCUT2D eigenvalue weighted by Gasteiger charge is 2.13. The molecule has 0 bridgehead atoms. The molecule has 0 aliphatic rings. The normalized spacial score (nSPS) is 15.0. The summed E-state index contributed by atoms with van der Waals surface area (Å²) in [6.07, 6.45) is 11.3. The Bertz CT molecular complexity index is 200. The fourth-order valence-electron chi connectivity index (χ4n) is 3.00. The SMILES string of the molecule is CCCC(CC)CCC(CCC(C)C)CCN(C)CC. The summed E-state index contributed by atoms with van der Waals surface area (Å²) in [6, 6.07) is 0. The zero-order valence-electron chi connectivity index (χ0n) is 15.3. The van der Waals surface area contributed by atoms with Gasteiger partial charge in [0.25, 0.3) is 0 Å². The lowest BCUT2D eigenvalue weighted by Gasteiger charge is -2.23. The van der Waals surface area contributed by atoms with Crippen LogP contribution in [0, 0.1) is 17.8 Å². The Morgan fingerprint density at radius 1 is 0.750 bits per heavy atom. The van der Waals surface area contributed by atoms with Crippen LogP contribution < -0.4 is 0 Å². The highest BCUT2D eigenvalue weighted by molar-refractivity contribution is 4.67. The zero-order valence-corrected chi connectivity index (χ0v) is 15.3. The van der Waals surface area contributed by atoms with Gasteiger partial charge in [-0.1, -0.05) is 79.6 Å². The van der Waals surface area contributed by atoms with Gasteiger partial charge in [-0.3, -0.25) is 0 Å². The first-order chi connectivity index (χ1) is 9.53. The molecule has 0 heterocycles. The summed E-state index contributed by atoms with van der Waals surface area (Å²) in [5.41, 5.74) is 0. The van der Waals surface area contributed by atoms with Gasteiger partial charge in [-0.25, -0.2) is 0 Å². The van der Waals surface area contributed by atoms with Crippen LogP contribution in [0.25, 0.3) is 0 Å². The zero-order chi connectivity index (χ0) is 15.4. The predicted molar refractivity (Wildman–Crippen MR) is 93.3 cm³/mol. The van der Waals surface area contributed by atoms with E-state index in [0.717, 1.165) is 17.8 Å². The minimum absolute atomic E-state index is 0.860. The van der Waals surface area contributed by atoms with Crippen LogP contribution in [0.2, 0.25) is 0 Å². The Hall–Kier alpha value is -0.0400. The van der Waals surface area contributed by atoms with Gasteiger partial charge in [-0.15, -0.1) is 0 Å². The van der Waals surface area contributed by atoms with Gasteiger partial charge in [0, 0.05) is 0 Å². The Kier molecular flexibility index (Phi) is 12.7. The van der Waals surface area contributed by atoms with Gasteiger partial charge in [-0.05, 0) is 44.3 Å². The van der Waals surface area contributed by atoms with Crippen molar-refractivity contribution in [2.24, 2.45) is 17.8 Å². The van der Waals surface area contributed by atoms with Gasteiger partial charge in [-0.2, -0.15) is 0 Å². The number of nitrogens with zero attached hydrogens (tertiary/aromatic N) is 1. The largest absolute Gasteiger partial charge is 0.307 e. The van der Waals surface area contributed by atoms with Crippen LogP contribution in [0.5, 0.6) is 0 Å². The maximum Gasteiger partial charge on any atom is -0.00193 e. The molecule has 2 unspecified atom stereocenters. The van der Waals surface area contributed by atoms with Crippen molar-refractivity contribution in [2.45, 2.75) is 86.0 Å². The van der Waals surface area contributed by atoms with Crippen molar-refractivity contribution in [3.05, 3.63) is 0 Å². The molecule has 0 spiro atoms. The van der Waals surface area contributed by atoms with Crippen molar-refractivity contribution in [1.82, 2.24) is 4.90 Å². The van der Waals surface area contributed by atoms with Crippen molar-refractivity contribution < 1.29 is 0 Å². The van der Waals surface area contributed by atoms with E-state index in [2.05, 4.69) is 46.6 Å². The molecule has 0 rings (SSSR count). The Balaban J connectivity index is 4.14. The van der Waals surface area contributed by atoms with Gasteiger partial charge in [0.2, 0.25) is 0 Å². The summed E-state index contributed by atoms with van der Waals surface area (Å²) in [5.74, 6) is 2.79. The van der Waals surface area contributed by atoms with Crippen LogP contribution in [0.15, 0.2) is 0 Å². The lowest BCUT2D eigenvalue weighted by Crippen LogP contribution is -2.21. The van der Waals surface area contributed by atoms with E-state index in [4.69, 9.17) is 0 Å². The van der Waals surface area contributed by atoms with Crippen molar-refractivity contribution in [3.63, 3.8) is 0 Å². The molecule has 0 saturated heterocycles. The maximum absolute atomic E-state index is 2.46. The molecule has 0 radical (unpaired) electrons. The number of hydrogen-bond acceptors (Lipinski definition) is 1. The summed E-state index contributed by atoms with van der Waals surface area (Å²) in [5, 5.41) is 0. The van der Waals surface area contributed by atoms with E-state index in [-0.39, 0.29) is 0 Å². The first-order valence-corrected chi connectivity index (χ1v) is 9.21. The predicted octanol–water partition coefficient (Wildman–Crippen LogP) is 5.99. The second-order valence-corrected chi connectivity index (χ2v) is 7.16. The molecule has 0 aromatic carbocycles. The maximum atomic E-state index is 2.46. The summed E-state index contributed by atoms with van der Waals surface area (Å²) in [4.78, 5) is 2.46. The van der Waals surface area contributed by atoms with Gasteiger partial charge >= 0.3 is 0 Å². The van der Waals surface area contributed by atoms with Gasteiger partial charge < -0.3 is 4.90 Å². The van der Waals surface area contributed by atoms with Gasteiger partial charge in [0.15, 0.2) is 0 Å². The Labute approximate surface area is 129 Å². The van der Waals surface area contributed by atoms with Gasteiger partial charge in [0.1, 0.15) is 0 Å². The number of hydrogen-bond donors (Lipinski definition) is 0. The second kappa shape index (κ2) is 12.7. The van der Waals surface area contributed by atoms with E-state index in [1.807, 2.05) is 0 Å². The van der Waals surface area contributed by atoms with Crippen LogP contribution in [0.3, 0.4) is 0 Å². The molecule has 0 saturated carbocycles. The third kappa shape index (κ3) is 10.7. The van der Waals surface area contributed by atoms with E-state index < -0.39 is 0 Å². The average Bonchev–Trinajstić information content (AvgIpc) is 2.44. The number of rotatable bonds is 13. The molecular weight excluding hydrogens is 242 g/mol. The molecule has 1 heteroatoms. The first kappa shape index (κ1) is 20.0. The molecule has 1 nitrogen and oxygen atoms in total. The molecular formula is C19H41N. The van der Waals surface area contributed by atoms with Crippen molar-refractivity contribution in [3.8, 4) is 0 Å². The minimum Gasteiger partial charge on any atom is -0.307 e. The average molecular weight is 284 g/mol. The molecule has 2 atom stereocenters. The molecule has 0 aromatic heterocycles. The van der Waals surface area contributed by atoms with E-state index in [0.29, 0.717) is 0 Å². The summed E-state index contributed by atoms with van der Waals surface area (Å²) in [7, 11) is 2.26. The quantitative estimate of drug-likeness (QED) is 0.401. The van der Waals surface area contributed by atoms with Crippen molar-refractivity contribution >= 4 is 0 Å². The van der Waals surface area contributed by atoms with E-state index in [1.165, 1.54) is 64.5 Å². The summed E-state index contributed by atoms with van der Waals surface area (Å²) in [6.45, 7) is 14.2. The van der Waals surface area contributed by atoms with Crippen LogP contribution in [0.4, 0.5) is 0 Å². The topological polar surface area (TPSA) is 3.24 Å². The molecule has 0 aromatic rings. The lowest BCUT2D eigenvalue weighted by molar-refractivity contribution is 0.271. The van der Waals surface area contributed by atoms with E-state index >= 15 is 0 Å². The standard InChI is InChI=1S/C19H41N/c1-7-10-18(8-2)13-14-19(12-11-17(4)5)15-16-20(6)9-3/h17-19H,7-16H2,1-6H3. The summed E-state index contributed by atoms with van der Waals surface area (Å²) < 4.78 is 0. The molecule has 20 heavy (non-hydrogen) atoms. The molecule has 0 amide bonds. The molecule has 122 valence electrons. The fraction of sp³-hybridized carbons (Fsp3) is 1.00. The van der Waals surface area contributed by atoms with Crippen LogP contribution in [-0.4, -0.2) is 25.0 Å². The molecule has 0 aliphatic heterocycles. The van der Waals surface area contributed by atoms with Crippen molar-refractivity contribution in [2.75, 3.05) is 20.1 Å². The monoisotopic (exact) mass is 283 g/mol.